The summed E-state index contributed by atoms with van der Waals surface area (Å²) in [4.78, 5) is 8.87. The first-order chi connectivity index (χ1) is 13.2. The molecule has 0 aliphatic rings. The van der Waals surface area contributed by atoms with Gasteiger partial charge in [-0.1, -0.05) is 62.9 Å². The number of imidazole rings is 1. The second-order valence-electron chi connectivity index (χ2n) is 7.10. The van der Waals surface area contributed by atoms with Crippen molar-refractivity contribution in [3.63, 3.8) is 0 Å². The van der Waals surface area contributed by atoms with Gasteiger partial charge in [-0.15, -0.1) is 24.0 Å². The maximum atomic E-state index is 4.52. The van der Waals surface area contributed by atoms with Crippen LogP contribution in [0, 0.1) is 0 Å². The van der Waals surface area contributed by atoms with Crippen LogP contribution in [0.15, 0.2) is 47.7 Å². The third kappa shape index (κ3) is 9.08. The van der Waals surface area contributed by atoms with Gasteiger partial charge in [0.15, 0.2) is 5.96 Å². The number of rotatable bonds is 11. The summed E-state index contributed by atoms with van der Waals surface area (Å²) in [5, 5.41) is 6.91. The van der Waals surface area contributed by atoms with Crippen molar-refractivity contribution in [2.75, 3.05) is 13.6 Å². The first kappa shape index (κ1) is 24.5. The molecule has 1 aromatic carbocycles. The molecule has 1 atom stereocenters. The summed E-state index contributed by atoms with van der Waals surface area (Å²) in [5.74, 6) is 1.97. The van der Waals surface area contributed by atoms with E-state index in [0.717, 1.165) is 31.3 Å². The van der Waals surface area contributed by atoms with Crippen LogP contribution in [-0.4, -0.2) is 35.1 Å². The van der Waals surface area contributed by atoms with Crippen LogP contribution in [0.4, 0.5) is 0 Å². The van der Waals surface area contributed by atoms with Crippen molar-refractivity contribution in [2.45, 2.75) is 65.0 Å². The number of unbranched alkanes of at least 4 members (excludes halogenated alkanes) is 3. The molecule has 0 aliphatic heterocycles. The van der Waals surface area contributed by atoms with E-state index >= 15 is 0 Å². The maximum Gasteiger partial charge on any atom is 0.191 e. The lowest BCUT2D eigenvalue weighted by Gasteiger charge is -2.18. The highest BCUT2D eigenvalue weighted by molar-refractivity contribution is 14.0. The van der Waals surface area contributed by atoms with Crippen molar-refractivity contribution in [1.82, 2.24) is 20.2 Å². The number of guanidine groups is 1. The number of aromatic nitrogens is 2. The molecule has 0 amide bonds. The summed E-state index contributed by atoms with van der Waals surface area (Å²) < 4.78 is 2.21. The van der Waals surface area contributed by atoms with Crippen LogP contribution in [0.2, 0.25) is 0 Å². The van der Waals surface area contributed by atoms with Gasteiger partial charge in [0, 0.05) is 45.0 Å². The Kier molecular flexibility index (Phi) is 12.6. The Morgan fingerprint density at radius 1 is 1.18 bits per heavy atom. The summed E-state index contributed by atoms with van der Waals surface area (Å²) in [6.07, 6.45) is 11.2. The Bertz CT molecular complexity index is 669. The fourth-order valence-electron chi connectivity index (χ4n) is 3.16. The van der Waals surface area contributed by atoms with E-state index in [2.05, 4.69) is 63.3 Å². The van der Waals surface area contributed by atoms with Gasteiger partial charge in [-0.3, -0.25) is 4.99 Å². The van der Waals surface area contributed by atoms with Crippen LogP contribution in [0.3, 0.4) is 0 Å². The number of halogens is 1. The SMILES string of the molecule is CCCCCCC(C)NC(=NC)NCCc1nccn1Cc1ccccc1.I. The molecule has 2 aromatic rings. The van der Waals surface area contributed by atoms with Gasteiger partial charge in [-0.2, -0.15) is 0 Å². The normalized spacial score (nSPS) is 12.3. The van der Waals surface area contributed by atoms with Gasteiger partial charge in [0.2, 0.25) is 0 Å². The molecule has 0 fully saturated rings. The van der Waals surface area contributed by atoms with Gasteiger partial charge in [0.1, 0.15) is 5.82 Å². The molecule has 28 heavy (non-hydrogen) atoms. The molecular weight excluding hydrogens is 461 g/mol. The van der Waals surface area contributed by atoms with Gasteiger partial charge in [0.05, 0.1) is 0 Å². The lowest BCUT2D eigenvalue weighted by molar-refractivity contribution is 0.536. The first-order valence-corrected chi connectivity index (χ1v) is 10.2. The Hall–Kier alpha value is -1.57. The van der Waals surface area contributed by atoms with Crippen molar-refractivity contribution in [3.05, 3.63) is 54.1 Å². The molecule has 0 spiro atoms. The van der Waals surface area contributed by atoms with Gasteiger partial charge in [-0.25, -0.2) is 4.98 Å². The van der Waals surface area contributed by atoms with Crippen molar-refractivity contribution >= 4 is 29.9 Å². The number of benzene rings is 1. The van der Waals surface area contributed by atoms with Crippen LogP contribution < -0.4 is 10.6 Å². The average molecular weight is 497 g/mol. The van der Waals surface area contributed by atoms with E-state index in [9.17, 15) is 0 Å². The molecule has 2 rings (SSSR count). The van der Waals surface area contributed by atoms with E-state index in [1.807, 2.05) is 25.5 Å². The highest BCUT2D eigenvalue weighted by Crippen LogP contribution is 2.06. The fraction of sp³-hybridized carbons (Fsp3) is 0.545. The zero-order valence-corrected chi connectivity index (χ0v) is 19.9. The minimum atomic E-state index is 0. The van der Waals surface area contributed by atoms with E-state index in [-0.39, 0.29) is 24.0 Å². The lowest BCUT2D eigenvalue weighted by atomic mass is 10.1. The van der Waals surface area contributed by atoms with Crippen LogP contribution in [-0.2, 0) is 13.0 Å². The molecule has 0 saturated carbocycles. The Balaban J connectivity index is 0.00000392. The van der Waals surface area contributed by atoms with Crippen LogP contribution in [0.1, 0.15) is 57.3 Å². The number of hydrogen-bond acceptors (Lipinski definition) is 2. The highest BCUT2D eigenvalue weighted by Gasteiger charge is 2.07. The summed E-state index contributed by atoms with van der Waals surface area (Å²) >= 11 is 0. The molecule has 6 heteroatoms. The Morgan fingerprint density at radius 2 is 1.96 bits per heavy atom. The molecule has 1 unspecified atom stereocenters. The van der Waals surface area contributed by atoms with Crippen LogP contribution in [0.5, 0.6) is 0 Å². The zero-order valence-electron chi connectivity index (χ0n) is 17.5. The largest absolute Gasteiger partial charge is 0.356 e. The topological polar surface area (TPSA) is 54.2 Å². The molecule has 0 aliphatic carbocycles. The second kappa shape index (κ2) is 14.4. The van der Waals surface area contributed by atoms with E-state index in [0.29, 0.717) is 6.04 Å². The standard InChI is InChI=1S/C22H35N5.HI/c1-4-5-6-8-11-19(2)26-22(23-3)25-15-14-21-24-16-17-27(21)18-20-12-9-7-10-13-20;/h7,9-10,12-13,16-17,19H,4-6,8,11,14-15,18H2,1-3H3,(H2,23,25,26);1H. The summed E-state index contributed by atoms with van der Waals surface area (Å²) in [5.41, 5.74) is 1.29. The average Bonchev–Trinajstić information content (AvgIpc) is 3.12. The molecule has 2 N–H and O–H groups in total. The molecule has 0 radical (unpaired) electrons. The van der Waals surface area contributed by atoms with E-state index in [1.165, 1.54) is 37.7 Å². The number of aliphatic imine (C=N–C) groups is 1. The predicted molar refractivity (Wildman–Crippen MR) is 130 cm³/mol. The zero-order chi connectivity index (χ0) is 19.3. The Labute approximate surface area is 187 Å². The fourth-order valence-corrected chi connectivity index (χ4v) is 3.16. The van der Waals surface area contributed by atoms with E-state index in [1.54, 1.807) is 0 Å². The third-order valence-corrected chi connectivity index (χ3v) is 4.74. The van der Waals surface area contributed by atoms with Gasteiger partial charge in [-0.05, 0) is 18.9 Å². The highest BCUT2D eigenvalue weighted by atomic mass is 127. The first-order valence-electron chi connectivity index (χ1n) is 10.2. The Morgan fingerprint density at radius 3 is 2.68 bits per heavy atom. The number of hydrogen-bond donors (Lipinski definition) is 2. The lowest BCUT2D eigenvalue weighted by Crippen LogP contribution is -2.43. The van der Waals surface area contributed by atoms with Crippen LogP contribution >= 0.6 is 24.0 Å². The van der Waals surface area contributed by atoms with Crippen molar-refractivity contribution in [2.24, 2.45) is 4.99 Å². The van der Waals surface area contributed by atoms with E-state index < -0.39 is 0 Å². The van der Waals surface area contributed by atoms with Crippen molar-refractivity contribution in [1.29, 1.82) is 0 Å². The number of nitrogens with zero attached hydrogens (tertiary/aromatic N) is 3. The van der Waals surface area contributed by atoms with Crippen LogP contribution in [0.25, 0.3) is 0 Å². The van der Waals surface area contributed by atoms with E-state index in [4.69, 9.17) is 0 Å². The molecule has 1 aromatic heterocycles. The smallest absolute Gasteiger partial charge is 0.191 e. The second-order valence-corrected chi connectivity index (χ2v) is 7.10. The third-order valence-electron chi connectivity index (χ3n) is 4.74. The maximum absolute atomic E-state index is 4.52. The van der Waals surface area contributed by atoms with Crippen molar-refractivity contribution in [3.8, 4) is 0 Å². The van der Waals surface area contributed by atoms with Gasteiger partial charge in [0.25, 0.3) is 0 Å². The molecule has 156 valence electrons. The monoisotopic (exact) mass is 497 g/mol. The summed E-state index contributed by atoms with van der Waals surface area (Å²) in [7, 11) is 1.83. The van der Waals surface area contributed by atoms with Gasteiger partial charge < -0.3 is 15.2 Å². The molecule has 0 bridgehead atoms. The van der Waals surface area contributed by atoms with Crippen molar-refractivity contribution < 1.29 is 0 Å². The van der Waals surface area contributed by atoms with Gasteiger partial charge >= 0.3 is 0 Å². The predicted octanol–water partition coefficient (Wildman–Crippen LogP) is 4.62. The molecule has 5 nitrogen and oxygen atoms in total. The number of nitrogens with one attached hydrogen (secondary N) is 2. The quantitative estimate of drug-likeness (QED) is 0.206. The molecule has 0 saturated heterocycles. The molecular formula is C22H36IN5. The minimum absolute atomic E-state index is 0. The summed E-state index contributed by atoms with van der Waals surface area (Å²) in [6.45, 7) is 6.15. The molecule has 1 heterocycles. The minimum Gasteiger partial charge on any atom is -0.356 e. The summed E-state index contributed by atoms with van der Waals surface area (Å²) in [6, 6.07) is 10.9.